The van der Waals surface area contributed by atoms with E-state index in [1.54, 1.807) is 18.2 Å². The second kappa shape index (κ2) is 8.17. The number of carbonyl (C=O) groups excluding carboxylic acids is 2. The van der Waals surface area contributed by atoms with Crippen LogP contribution in [-0.2, 0) is 12.8 Å². The minimum atomic E-state index is -0.557. The van der Waals surface area contributed by atoms with Crippen LogP contribution in [0.15, 0.2) is 48.5 Å². The van der Waals surface area contributed by atoms with Gasteiger partial charge in [-0.2, -0.15) is 0 Å². The van der Waals surface area contributed by atoms with Crippen LogP contribution in [0, 0.1) is 0 Å². The second-order valence-electron chi connectivity index (χ2n) is 7.36. The zero-order valence-corrected chi connectivity index (χ0v) is 16.3. The number of benzene rings is 2. The van der Waals surface area contributed by atoms with Gasteiger partial charge in [0, 0.05) is 11.1 Å². The van der Waals surface area contributed by atoms with Crippen molar-refractivity contribution in [1.29, 1.82) is 0 Å². The predicted molar refractivity (Wildman–Crippen MR) is 105 cm³/mol. The average Bonchev–Trinajstić information content (AvgIpc) is 2.64. The van der Waals surface area contributed by atoms with E-state index in [2.05, 4.69) is 12.3 Å². The van der Waals surface area contributed by atoms with Crippen LogP contribution < -0.4 is 5.43 Å². The molecule has 0 bridgehead atoms. The Balaban J connectivity index is 2.26. The van der Waals surface area contributed by atoms with E-state index in [9.17, 15) is 9.59 Å². The van der Waals surface area contributed by atoms with E-state index in [0.29, 0.717) is 11.1 Å². The van der Waals surface area contributed by atoms with Crippen molar-refractivity contribution in [2.75, 3.05) is 0 Å². The van der Waals surface area contributed by atoms with Gasteiger partial charge in [-0.3, -0.25) is 15.0 Å². The van der Waals surface area contributed by atoms with Crippen LogP contribution in [0.5, 0.6) is 0 Å². The van der Waals surface area contributed by atoms with Gasteiger partial charge in [-0.05, 0) is 69.0 Å². The van der Waals surface area contributed by atoms with E-state index in [0.717, 1.165) is 18.4 Å². The summed E-state index contributed by atoms with van der Waals surface area (Å²) in [5, 5.41) is 1.41. The molecule has 0 aliphatic heterocycles. The number of nitrogens with zero attached hydrogens (tertiary/aromatic N) is 1. The van der Waals surface area contributed by atoms with Gasteiger partial charge in [-0.1, -0.05) is 38.1 Å². The Kier molecular flexibility index (Phi) is 6.19. The summed E-state index contributed by atoms with van der Waals surface area (Å²) >= 11 is 0. The molecule has 138 valence electrons. The van der Waals surface area contributed by atoms with Crippen LogP contribution >= 0.6 is 0 Å². The maximum absolute atomic E-state index is 13.0. The molecular formula is C22H28N2O2. The fraction of sp³-hybridized carbons (Fsp3) is 0.364. The molecule has 0 fully saturated rings. The summed E-state index contributed by atoms with van der Waals surface area (Å²) < 4.78 is 0. The highest BCUT2D eigenvalue weighted by molar-refractivity contribution is 5.99. The smallest absolute Gasteiger partial charge is 0.267 e. The van der Waals surface area contributed by atoms with E-state index in [1.165, 1.54) is 10.6 Å². The fourth-order valence-corrected chi connectivity index (χ4v) is 2.63. The van der Waals surface area contributed by atoms with Crippen molar-refractivity contribution in [2.24, 2.45) is 0 Å². The molecule has 0 atom stereocenters. The van der Waals surface area contributed by atoms with Gasteiger partial charge in [0.1, 0.15) is 0 Å². The molecule has 0 aromatic heterocycles. The number of nitrogens with one attached hydrogen (secondary N) is 1. The predicted octanol–water partition coefficient (Wildman–Crippen LogP) is 4.40. The molecule has 4 nitrogen and oxygen atoms in total. The van der Waals surface area contributed by atoms with E-state index in [4.69, 9.17) is 0 Å². The SMILES string of the molecule is CCc1ccc(C(=O)NN(C(=O)c2cccc(CC)c2)C(C)(C)C)cc1. The van der Waals surface area contributed by atoms with Gasteiger partial charge in [0.2, 0.25) is 0 Å². The number of amides is 2. The molecule has 2 aromatic rings. The number of hydrogen-bond acceptors (Lipinski definition) is 2. The molecule has 0 heterocycles. The molecule has 0 saturated heterocycles. The summed E-state index contributed by atoms with van der Waals surface area (Å²) in [6, 6.07) is 15.0. The molecule has 2 amide bonds. The highest BCUT2D eigenvalue weighted by Gasteiger charge is 2.29. The highest BCUT2D eigenvalue weighted by atomic mass is 16.2. The summed E-state index contributed by atoms with van der Waals surface area (Å²) in [4.78, 5) is 25.7. The van der Waals surface area contributed by atoms with Crippen molar-refractivity contribution in [3.63, 3.8) is 0 Å². The van der Waals surface area contributed by atoms with Crippen molar-refractivity contribution in [3.05, 3.63) is 70.8 Å². The molecule has 4 heteroatoms. The maximum Gasteiger partial charge on any atom is 0.272 e. The summed E-state index contributed by atoms with van der Waals surface area (Å²) in [5.41, 5.74) is 5.60. The van der Waals surface area contributed by atoms with Crippen LogP contribution in [-0.4, -0.2) is 22.4 Å². The normalized spacial score (nSPS) is 11.1. The lowest BCUT2D eigenvalue weighted by Gasteiger charge is -2.35. The van der Waals surface area contributed by atoms with Gasteiger partial charge in [-0.15, -0.1) is 0 Å². The largest absolute Gasteiger partial charge is 0.272 e. The molecule has 0 aliphatic carbocycles. The highest BCUT2D eigenvalue weighted by Crippen LogP contribution is 2.17. The van der Waals surface area contributed by atoms with Crippen molar-refractivity contribution >= 4 is 11.8 Å². The van der Waals surface area contributed by atoms with Gasteiger partial charge >= 0.3 is 0 Å². The third-order valence-electron chi connectivity index (χ3n) is 4.29. The molecule has 26 heavy (non-hydrogen) atoms. The van der Waals surface area contributed by atoms with Gasteiger partial charge < -0.3 is 0 Å². The zero-order chi connectivity index (χ0) is 19.3. The van der Waals surface area contributed by atoms with E-state index in [-0.39, 0.29) is 11.8 Å². The maximum atomic E-state index is 13.0. The first-order valence-corrected chi connectivity index (χ1v) is 9.09. The number of aryl methyl sites for hydroxylation is 2. The monoisotopic (exact) mass is 352 g/mol. The van der Waals surface area contributed by atoms with Crippen LogP contribution in [0.25, 0.3) is 0 Å². The topological polar surface area (TPSA) is 49.4 Å². The van der Waals surface area contributed by atoms with Crippen molar-refractivity contribution in [1.82, 2.24) is 10.4 Å². The van der Waals surface area contributed by atoms with Crippen LogP contribution in [0.1, 0.15) is 66.5 Å². The van der Waals surface area contributed by atoms with Gasteiger partial charge in [0.25, 0.3) is 11.8 Å². The summed E-state index contributed by atoms with van der Waals surface area (Å²) in [5.74, 6) is -0.506. The Hall–Kier alpha value is -2.62. The average molecular weight is 352 g/mol. The van der Waals surface area contributed by atoms with Crippen molar-refractivity contribution in [3.8, 4) is 0 Å². The van der Waals surface area contributed by atoms with Crippen LogP contribution in [0.4, 0.5) is 0 Å². The Labute approximate surface area is 156 Å². The van der Waals surface area contributed by atoms with E-state index < -0.39 is 5.54 Å². The molecule has 0 radical (unpaired) electrons. The Morgan fingerprint density at radius 1 is 0.885 bits per heavy atom. The number of hydrogen-bond donors (Lipinski definition) is 1. The molecule has 0 spiro atoms. The summed E-state index contributed by atoms with van der Waals surface area (Å²) in [7, 11) is 0. The summed E-state index contributed by atoms with van der Waals surface area (Å²) in [6.07, 6.45) is 1.77. The second-order valence-corrected chi connectivity index (χ2v) is 7.36. The number of hydrazine groups is 1. The van der Waals surface area contributed by atoms with Gasteiger partial charge in [0.05, 0.1) is 5.54 Å². The van der Waals surface area contributed by atoms with Gasteiger partial charge in [0.15, 0.2) is 0 Å². The molecule has 0 saturated carbocycles. The molecule has 0 aliphatic rings. The van der Waals surface area contributed by atoms with Crippen LogP contribution in [0.2, 0.25) is 0 Å². The molecule has 0 unspecified atom stereocenters. The van der Waals surface area contributed by atoms with Crippen LogP contribution in [0.3, 0.4) is 0 Å². The lowest BCUT2D eigenvalue weighted by molar-refractivity contribution is 0.0358. The minimum Gasteiger partial charge on any atom is -0.267 e. The van der Waals surface area contributed by atoms with Gasteiger partial charge in [-0.25, -0.2) is 5.01 Å². The fourth-order valence-electron chi connectivity index (χ4n) is 2.63. The number of rotatable bonds is 4. The Bertz CT molecular complexity index is 773. The molecule has 1 N–H and O–H groups in total. The molecule has 2 rings (SSSR count). The zero-order valence-electron chi connectivity index (χ0n) is 16.3. The van der Waals surface area contributed by atoms with E-state index >= 15 is 0 Å². The number of carbonyl (C=O) groups is 2. The standard InChI is InChI=1S/C22H28N2O2/c1-6-16-11-13-18(14-12-16)20(25)23-24(22(3,4)5)21(26)19-10-8-9-17(7-2)15-19/h8-15H,6-7H2,1-5H3,(H,23,25). The first kappa shape index (κ1) is 19.7. The van der Waals surface area contributed by atoms with E-state index in [1.807, 2.05) is 58.0 Å². The quantitative estimate of drug-likeness (QED) is 0.829. The lowest BCUT2D eigenvalue weighted by atomic mass is 10.0. The minimum absolute atomic E-state index is 0.216. The van der Waals surface area contributed by atoms with Crippen molar-refractivity contribution in [2.45, 2.75) is 53.0 Å². The van der Waals surface area contributed by atoms with Crippen molar-refractivity contribution < 1.29 is 9.59 Å². The lowest BCUT2D eigenvalue weighted by Crippen LogP contribution is -2.55. The molecular weight excluding hydrogens is 324 g/mol. The molecule has 2 aromatic carbocycles. The Morgan fingerprint density at radius 2 is 1.50 bits per heavy atom. The Morgan fingerprint density at radius 3 is 2.04 bits per heavy atom. The third-order valence-corrected chi connectivity index (χ3v) is 4.29. The summed E-state index contributed by atoms with van der Waals surface area (Å²) in [6.45, 7) is 9.81. The first-order chi connectivity index (χ1) is 12.3. The first-order valence-electron chi connectivity index (χ1n) is 9.09. The third kappa shape index (κ3) is 4.72.